The second-order valence-electron chi connectivity index (χ2n) is 4.51. The third-order valence-electron chi connectivity index (χ3n) is 2.13. The zero-order chi connectivity index (χ0) is 12.3. The summed E-state index contributed by atoms with van der Waals surface area (Å²) in [6, 6.07) is 4.39. The maximum absolute atomic E-state index is 13.5. The molecule has 0 spiro atoms. The van der Waals surface area contributed by atoms with E-state index in [1.807, 2.05) is 0 Å². The zero-order valence-electron chi connectivity index (χ0n) is 9.95. The Morgan fingerprint density at radius 1 is 1.38 bits per heavy atom. The molecule has 16 heavy (non-hydrogen) atoms. The number of hydroxylamine groups is 1. The first-order chi connectivity index (χ1) is 7.34. The van der Waals surface area contributed by atoms with Crippen LogP contribution in [0.25, 0.3) is 0 Å². The number of rotatable bonds is 2. The van der Waals surface area contributed by atoms with Crippen LogP contribution in [0.3, 0.4) is 0 Å². The van der Waals surface area contributed by atoms with Crippen LogP contribution >= 0.6 is 0 Å². The Bertz CT molecular complexity index is 408. The highest BCUT2D eigenvalue weighted by molar-refractivity contribution is 5.76. The molecule has 0 unspecified atom stereocenters. The quantitative estimate of drug-likeness (QED) is 0.335. The van der Waals surface area contributed by atoms with Crippen molar-refractivity contribution in [1.82, 2.24) is 0 Å². The molecule has 4 heteroatoms. The number of benzene rings is 1. The fourth-order valence-electron chi connectivity index (χ4n) is 1.06. The van der Waals surface area contributed by atoms with E-state index in [0.717, 1.165) is 4.74 Å². The third-order valence-corrected chi connectivity index (χ3v) is 2.13. The van der Waals surface area contributed by atoms with Crippen LogP contribution in [0.15, 0.2) is 18.2 Å². The summed E-state index contributed by atoms with van der Waals surface area (Å²) in [4.78, 5) is 0. The smallest absolute Gasteiger partial charge is 0.185 e. The van der Waals surface area contributed by atoms with Crippen LogP contribution in [0.4, 0.5) is 4.39 Å². The standard InChI is InChI=1S/C12H16FNO2/c1-12(2,3)14(15)8-9-5-6-10(16-4)7-11(9)13/h5-8H,1-4H3. The van der Waals surface area contributed by atoms with Crippen molar-refractivity contribution in [3.63, 3.8) is 0 Å². The molecule has 0 N–H and O–H groups in total. The molecule has 1 aromatic rings. The van der Waals surface area contributed by atoms with Gasteiger partial charge in [-0.3, -0.25) is 0 Å². The van der Waals surface area contributed by atoms with Gasteiger partial charge in [-0.2, -0.15) is 0 Å². The lowest BCUT2D eigenvalue weighted by Crippen LogP contribution is -2.29. The molecule has 0 saturated carbocycles. The van der Waals surface area contributed by atoms with Gasteiger partial charge in [0.25, 0.3) is 0 Å². The first-order valence-electron chi connectivity index (χ1n) is 4.99. The molecule has 1 aromatic carbocycles. The SMILES string of the molecule is COc1ccc(C=[N+]([O-])C(C)(C)C)c(F)c1. The Labute approximate surface area is 94.8 Å². The van der Waals surface area contributed by atoms with E-state index in [0.29, 0.717) is 5.75 Å². The molecule has 3 nitrogen and oxygen atoms in total. The number of nitrogens with zero attached hydrogens (tertiary/aromatic N) is 1. The van der Waals surface area contributed by atoms with Crippen molar-refractivity contribution in [2.75, 3.05) is 7.11 Å². The van der Waals surface area contributed by atoms with E-state index >= 15 is 0 Å². The van der Waals surface area contributed by atoms with Gasteiger partial charge in [-0.15, -0.1) is 0 Å². The number of methoxy groups -OCH3 is 1. The Morgan fingerprint density at radius 3 is 2.44 bits per heavy atom. The molecule has 0 aromatic heterocycles. The zero-order valence-corrected chi connectivity index (χ0v) is 9.95. The summed E-state index contributed by atoms with van der Waals surface area (Å²) in [7, 11) is 1.47. The molecule has 0 aliphatic carbocycles. The van der Waals surface area contributed by atoms with Crippen molar-refractivity contribution in [2.45, 2.75) is 26.3 Å². The highest BCUT2D eigenvalue weighted by Crippen LogP contribution is 2.15. The van der Waals surface area contributed by atoms with Gasteiger partial charge in [-0.25, -0.2) is 9.13 Å². The molecule has 0 bridgehead atoms. The van der Waals surface area contributed by atoms with E-state index in [1.165, 1.54) is 25.5 Å². The molecule has 1 rings (SSSR count). The molecular formula is C12H16FNO2. The Kier molecular flexibility index (Phi) is 3.52. The van der Waals surface area contributed by atoms with E-state index in [9.17, 15) is 9.60 Å². The van der Waals surface area contributed by atoms with Crippen molar-refractivity contribution in [1.29, 1.82) is 0 Å². The lowest BCUT2D eigenvalue weighted by molar-refractivity contribution is -0.530. The number of ether oxygens (including phenoxy) is 1. The van der Waals surface area contributed by atoms with Gasteiger partial charge < -0.3 is 9.94 Å². The van der Waals surface area contributed by atoms with Crippen LogP contribution in [0.1, 0.15) is 26.3 Å². The topological polar surface area (TPSA) is 35.3 Å². The van der Waals surface area contributed by atoms with E-state index in [-0.39, 0.29) is 5.56 Å². The van der Waals surface area contributed by atoms with Gasteiger partial charge in [0.2, 0.25) is 0 Å². The van der Waals surface area contributed by atoms with Crippen LogP contribution in [0.5, 0.6) is 5.75 Å². The highest BCUT2D eigenvalue weighted by Gasteiger charge is 2.18. The van der Waals surface area contributed by atoms with Gasteiger partial charge >= 0.3 is 0 Å². The minimum atomic E-state index is -0.577. The van der Waals surface area contributed by atoms with Gasteiger partial charge in [-0.05, 0) is 12.1 Å². The fraction of sp³-hybridized carbons (Fsp3) is 0.417. The molecular weight excluding hydrogens is 209 g/mol. The van der Waals surface area contributed by atoms with Crippen LogP contribution in [0, 0.1) is 11.0 Å². The fourth-order valence-corrected chi connectivity index (χ4v) is 1.06. The van der Waals surface area contributed by atoms with Gasteiger partial charge in [0, 0.05) is 26.8 Å². The summed E-state index contributed by atoms with van der Waals surface area (Å²) in [5.74, 6) is -0.0349. The summed E-state index contributed by atoms with van der Waals surface area (Å²) in [6.07, 6.45) is 1.24. The molecule has 0 radical (unpaired) electrons. The lowest BCUT2D eigenvalue weighted by Gasteiger charge is -2.18. The molecule has 0 heterocycles. The molecule has 0 aliphatic rings. The van der Waals surface area contributed by atoms with E-state index in [1.54, 1.807) is 26.8 Å². The van der Waals surface area contributed by atoms with Crippen molar-refractivity contribution >= 4 is 6.21 Å². The average Bonchev–Trinajstić information content (AvgIpc) is 2.19. The molecule has 0 amide bonds. The second kappa shape index (κ2) is 4.51. The van der Waals surface area contributed by atoms with Crippen molar-refractivity contribution in [3.8, 4) is 5.75 Å². The molecule has 88 valence electrons. The summed E-state index contributed by atoms with van der Waals surface area (Å²) < 4.78 is 19.1. The Morgan fingerprint density at radius 2 is 2.00 bits per heavy atom. The van der Waals surface area contributed by atoms with Gasteiger partial charge in [-0.1, -0.05) is 0 Å². The van der Waals surface area contributed by atoms with Crippen LogP contribution in [-0.4, -0.2) is 23.6 Å². The van der Waals surface area contributed by atoms with Crippen LogP contribution < -0.4 is 4.74 Å². The van der Waals surface area contributed by atoms with E-state index in [2.05, 4.69) is 0 Å². The minimum Gasteiger partial charge on any atom is -0.623 e. The second-order valence-corrected chi connectivity index (χ2v) is 4.51. The first kappa shape index (κ1) is 12.5. The maximum Gasteiger partial charge on any atom is 0.185 e. The Balaban J connectivity index is 3.07. The van der Waals surface area contributed by atoms with Crippen LogP contribution in [0.2, 0.25) is 0 Å². The molecule has 0 fully saturated rings. The Hall–Kier alpha value is -1.58. The van der Waals surface area contributed by atoms with Crippen LogP contribution in [-0.2, 0) is 0 Å². The van der Waals surface area contributed by atoms with Gasteiger partial charge in [0.15, 0.2) is 11.8 Å². The summed E-state index contributed by atoms with van der Waals surface area (Å²) in [5, 5.41) is 11.6. The summed E-state index contributed by atoms with van der Waals surface area (Å²) in [5.41, 5.74) is -0.322. The highest BCUT2D eigenvalue weighted by atomic mass is 19.1. The third kappa shape index (κ3) is 2.95. The summed E-state index contributed by atoms with van der Waals surface area (Å²) in [6.45, 7) is 5.29. The monoisotopic (exact) mass is 225 g/mol. The van der Waals surface area contributed by atoms with E-state index < -0.39 is 11.4 Å². The van der Waals surface area contributed by atoms with Crippen molar-refractivity contribution < 1.29 is 13.9 Å². The average molecular weight is 225 g/mol. The van der Waals surface area contributed by atoms with Crippen molar-refractivity contribution in [3.05, 3.63) is 34.8 Å². The molecule has 0 aliphatic heterocycles. The largest absolute Gasteiger partial charge is 0.623 e. The normalized spacial score (nSPS) is 12.7. The predicted molar refractivity (Wildman–Crippen MR) is 61.5 cm³/mol. The number of hydrogen-bond donors (Lipinski definition) is 0. The van der Waals surface area contributed by atoms with Gasteiger partial charge in [0.05, 0.1) is 12.7 Å². The predicted octanol–water partition coefficient (Wildman–Crippen LogP) is 2.56. The maximum atomic E-state index is 13.5. The van der Waals surface area contributed by atoms with Crippen molar-refractivity contribution in [2.24, 2.45) is 0 Å². The number of hydrogen-bond acceptors (Lipinski definition) is 2. The first-order valence-corrected chi connectivity index (χ1v) is 4.99. The molecule has 0 atom stereocenters. The summed E-state index contributed by atoms with van der Waals surface area (Å²) >= 11 is 0. The minimum absolute atomic E-state index is 0.255. The number of halogens is 1. The van der Waals surface area contributed by atoms with Gasteiger partial charge in [0.1, 0.15) is 11.6 Å². The lowest BCUT2D eigenvalue weighted by atomic mass is 10.1. The van der Waals surface area contributed by atoms with E-state index in [4.69, 9.17) is 4.74 Å². The molecule has 0 saturated heterocycles.